The predicted octanol–water partition coefficient (Wildman–Crippen LogP) is 4.60. The molecule has 0 N–H and O–H groups in total. The molecule has 2 aromatic carbocycles. The van der Waals surface area contributed by atoms with Crippen LogP contribution in [0.2, 0.25) is 5.02 Å². The van der Waals surface area contributed by atoms with Crippen molar-refractivity contribution in [2.75, 3.05) is 21.3 Å². The van der Waals surface area contributed by atoms with E-state index in [1.807, 2.05) is 0 Å². The number of halogens is 1. The van der Waals surface area contributed by atoms with Crippen molar-refractivity contribution in [2.24, 2.45) is 0 Å². The molecule has 0 aliphatic carbocycles. The summed E-state index contributed by atoms with van der Waals surface area (Å²) in [6.07, 6.45) is 1.62. The zero-order valence-electron chi connectivity index (χ0n) is 15.5. The molecule has 2 aromatic rings. The number of ether oxygens (including phenoxy) is 3. The van der Waals surface area contributed by atoms with Gasteiger partial charge in [0.25, 0.3) is 11.1 Å². The van der Waals surface area contributed by atoms with E-state index < -0.39 is 0 Å². The lowest BCUT2D eigenvalue weighted by Gasteiger charge is -2.13. The average molecular weight is 420 g/mol. The molecule has 1 saturated heterocycles. The molecule has 8 heteroatoms. The van der Waals surface area contributed by atoms with Crippen molar-refractivity contribution in [2.45, 2.75) is 6.54 Å². The van der Waals surface area contributed by atoms with Crippen LogP contribution in [0.3, 0.4) is 0 Å². The third kappa shape index (κ3) is 4.10. The van der Waals surface area contributed by atoms with E-state index in [4.69, 9.17) is 25.8 Å². The zero-order valence-corrected chi connectivity index (χ0v) is 17.1. The number of amides is 2. The van der Waals surface area contributed by atoms with E-state index in [9.17, 15) is 9.59 Å². The molecule has 6 nitrogen and oxygen atoms in total. The van der Waals surface area contributed by atoms with Crippen LogP contribution in [0.15, 0.2) is 41.3 Å². The summed E-state index contributed by atoms with van der Waals surface area (Å²) in [6.45, 7) is 0.183. The predicted molar refractivity (Wildman–Crippen MR) is 109 cm³/mol. The van der Waals surface area contributed by atoms with Gasteiger partial charge in [0, 0.05) is 16.7 Å². The van der Waals surface area contributed by atoms with Crippen LogP contribution in [0.5, 0.6) is 17.2 Å². The molecule has 3 rings (SSSR count). The minimum absolute atomic E-state index is 0.183. The molecule has 0 unspecified atom stereocenters. The lowest BCUT2D eigenvalue weighted by atomic mass is 10.1. The maximum Gasteiger partial charge on any atom is 0.293 e. The molecule has 146 valence electrons. The summed E-state index contributed by atoms with van der Waals surface area (Å²) in [6, 6.07) is 10.4. The second kappa shape index (κ2) is 8.58. The molecule has 1 aliphatic heterocycles. The molecule has 1 heterocycles. The fraction of sp³-hybridized carbons (Fsp3) is 0.200. The Hall–Kier alpha value is -2.64. The Morgan fingerprint density at radius 2 is 1.57 bits per heavy atom. The van der Waals surface area contributed by atoms with Gasteiger partial charge in [0.2, 0.25) is 0 Å². The van der Waals surface area contributed by atoms with Crippen LogP contribution >= 0.6 is 23.4 Å². The van der Waals surface area contributed by atoms with Gasteiger partial charge in [-0.2, -0.15) is 0 Å². The van der Waals surface area contributed by atoms with Gasteiger partial charge in [-0.3, -0.25) is 14.5 Å². The van der Waals surface area contributed by atoms with E-state index in [0.717, 1.165) is 17.3 Å². The first-order valence-electron chi connectivity index (χ1n) is 8.26. The van der Waals surface area contributed by atoms with Crippen molar-refractivity contribution in [3.63, 3.8) is 0 Å². The molecule has 0 radical (unpaired) electrons. The van der Waals surface area contributed by atoms with Crippen molar-refractivity contribution in [1.29, 1.82) is 0 Å². The molecule has 0 saturated carbocycles. The smallest absolute Gasteiger partial charge is 0.293 e. The van der Waals surface area contributed by atoms with Crippen LogP contribution in [0, 0.1) is 0 Å². The van der Waals surface area contributed by atoms with E-state index in [1.165, 1.54) is 26.2 Å². The summed E-state index contributed by atoms with van der Waals surface area (Å²) in [5.74, 6) is 1.14. The van der Waals surface area contributed by atoms with Crippen molar-refractivity contribution >= 4 is 40.6 Å². The van der Waals surface area contributed by atoms with Crippen LogP contribution in [0.25, 0.3) is 6.08 Å². The molecule has 0 aromatic heterocycles. The highest BCUT2D eigenvalue weighted by Gasteiger charge is 2.35. The lowest BCUT2D eigenvalue weighted by Crippen LogP contribution is -2.27. The van der Waals surface area contributed by atoms with Crippen LogP contribution in [0.1, 0.15) is 11.1 Å². The number of hydrogen-bond acceptors (Lipinski definition) is 6. The van der Waals surface area contributed by atoms with Gasteiger partial charge in [-0.25, -0.2) is 0 Å². The van der Waals surface area contributed by atoms with E-state index in [0.29, 0.717) is 32.7 Å². The van der Waals surface area contributed by atoms with Gasteiger partial charge in [-0.15, -0.1) is 0 Å². The SMILES string of the molecule is COc1cc(OC)c(OC)cc1/C=C1\SC(=O)N(Cc2ccc(Cl)cc2)C1=O. The maximum absolute atomic E-state index is 12.8. The van der Waals surface area contributed by atoms with Crippen molar-refractivity contribution in [3.8, 4) is 17.2 Å². The standard InChI is InChI=1S/C20H18ClNO5S/c1-25-15-10-17(27-3)16(26-2)8-13(15)9-18-19(23)22(20(24)28-18)11-12-4-6-14(21)7-5-12/h4-10H,11H2,1-3H3/b18-9-. The Morgan fingerprint density at radius 1 is 0.964 bits per heavy atom. The number of benzene rings is 2. The molecule has 1 aliphatic rings. The Bertz CT molecular complexity index is 942. The van der Waals surface area contributed by atoms with Crippen molar-refractivity contribution in [3.05, 3.63) is 57.5 Å². The Kier molecular flexibility index (Phi) is 6.16. The molecule has 2 amide bonds. The average Bonchev–Trinajstić information content (AvgIpc) is 2.96. The summed E-state index contributed by atoms with van der Waals surface area (Å²) in [7, 11) is 4.57. The summed E-state index contributed by atoms with van der Waals surface area (Å²) >= 11 is 6.77. The summed E-state index contributed by atoms with van der Waals surface area (Å²) in [4.78, 5) is 26.6. The summed E-state index contributed by atoms with van der Waals surface area (Å²) < 4.78 is 16.0. The molecule has 0 bridgehead atoms. The maximum atomic E-state index is 12.8. The Balaban J connectivity index is 1.90. The van der Waals surface area contributed by atoms with Gasteiger partial charge in [0.15, 0.2) is 11.5 Å². The van der Waals surface area contributed by atoms with Crippen molar-refractivity contribution < 1.29 is 23.8 Å². The number of hydrogen-bond donors (Lipinski definition) is 0. The summed E-state index contributed by atoms with van der Waals surface area (Å²) in [5, 5.41) is 0.268. The van der Waals surface area contributed by atoms with Gasteiger partial charge >= 0.3 is 0 Å². The zero-order chi connectivity index (χ0) is 20.3. The number of imide groups is 1. The quantitative estimate of drug-likeness (QED) is 0.637. The van der Waals surface area contributed by atoms with Crippen LogP contribution in [0.4, 0.5) is 4.79 Å². The topological polar surface area (TPSA) is 65.1 Å². The number of nitrogens with zero attached hydrogens (tertiary/aromatic N) is 1. The number of carbonyl (C=O) groups excluding carboxylic acids is 2. The minimum atomic E-state index is -0.359. The monoisotopic (exact) mass is 419 g/mol. The fourth-order valence-corrected chi connectivity index (χ4v) is 3.67. The molecular formula is C20H18ClNO5S. The Labute approximate surface area is 172 Å². The largest absolute Gasteiger partial charge is 0.496 e. The molecule has 0 spiro atoms. The Morgan fingerprint density at radius 3 is 2.18 bits per heavy atom. The number of carbonyl (C=O) groups is 2. The van der Waals surface area contributed by atoms with E-state index in [-0.39, 0.29) is 17.7 Å². The highest BCUT2D eigenvalue weighted by molar-refractivity contribution is 8.18. The van der Waals surface area contributed by atoms with E-state index >= 15 is 0 Å². The minimum Gasteiger partial charge on any atom is -0.496 e. The van der Waals surface area contributed by atoms with Gasteiger partial charge in [0.1, 0.15) is 5.75 Å². The second-order valence-corrected chi connectivity index (χ2v) is 7.27. The molecule has 1 fully saturated rings. The third-order valence-corrected chi connectivity index (χ3v) is 5.31. The van der Waals surface area contributed by atoms with Gasteiger partial charge in [-0.1, -0.05) is 23.7 Å². The molecule has 0 atom stereocenters. The van der Waals surface area contributed by atoms with Crippen LogP contribution in [-0.4, -0.2) is 37.4 Å². The molecular weight excluding hydrogens is 402 g/mol. The number of methoxy groups -OCH3 is 3. The number of rotatable bonds is 6. The highest BCUT2D eigenvalue weighted by atomic mass is 35.5. The first kappa shape index (κ1) is 20.1. The lowest BCUT2D eigenvalue weighted by molar-refractivity contribution is -0.123. The van der Waals surface area contributed by atoms with E-state index in [1.54, 1.807) is 42.5 Å². The van der Waals surface area contributed by atoms with Gasteiger partial charge < -0.3 is 14.2 Å². The van der Waals surface area contributed by atoms with Gasteiger partial charge in [0.05, 0.1) is 32.8 Å². The normalized spacial score (nSPS) is 15.3. The number of thioether (sulfide) groups is 1. The first-order chi connectivity index (χ1) is 13.5. The second-order valence-electron chi connectivity index (χ2n) is 5.84. The fourth-order valence-electron chi connectivity index (χ4n) is 2.72. The van der Waals surface area contributed by atoms with Crippen LogP contribution < -0.4 is 14.2 Å². The third-order valence-electron chi connectivity index (χ3n) is 4.15. The summed E-state index contributed by atoms with van der Waals surface area (Å²) in [5.41, 5.74) is 1.42. The molecule has 28 heavy (non-hydrogen) atoms. The first-order valence-corrected chi connectivity index (χ1v) is 9.46. The highest BCUT2D eigenvalue weighted by Crippen LogP contribution is 2.39. The van der Waals surface area contributed by atoms with Gasteiger partial charge in [-0.05, 0) is 41.6 Å². The van der Waals surface area contributed by atoms with E-state index in [2.05, 4.69) is 0 Å². The van der Waals surface area contributed by atoms with Crippen LogP contribution in [-0.2, 0) is 11.3 Å². The van der Waals surface area contributed by atoms with Crippen molar-refractivity contribution in [1.82, 2.24) is 4.90 Å².